The number of carbonyl (C=O) groups excluding carboxylic acids is 2. The summed E-state index contributed by atoms with van der Waals surface area (Å²) in [5, 5.41) is 2.80. The molecule has 2 amide bonds. The first kappa shape index (κ1) is 14.8. The lowest BCUT2D eigenvalue weighted by Crippen LogP contribution is -2.55. The number of carbonyl (C=O) groups is 2. The molecule has 3 rings (SSSR count). The van der Waals surface area contributed by atoms with Crippen LogP contribution in [0.2, 0.25) is 0 Å². The van der Waals surface area contributed by atoms with Crippen LogP contribution in [-0.2, 0) is 9.59 Å². The Labute approximate surface area is 127 Å². The summed E-state index contributed by atoms with van der Waals surface area (Å²) in [6.45, 7) is 2.69. The standard InChI is InChI=1S/C16H27N3O2/c1-17-15(20)14(12-7-8-12)19-11-5-6-13(19)16(21)18-9-3-2-4-10-18/h12-14H,2-11H2,1H3,(H,17,20)/t13-,14+/m0/s1. The lowest BCUT2D eigenvalue weighted by Gasteiger charge is -2.35. The van der Waals surface area contributed by atoms with Gasteiger partial charge in [0.15, 0.2) is 0 Å². The van der Waals surface area contributed by atoms with Crippen molar-refractivity contribution in [1.29, 1.82) is 0 Å². The second-order valence-corrected chi connectivity index (χ2v) is 6.68. The van der Waals surface area contributed by atoms with E-state index in [1.165, 1.54) is 6.42 Å². The van der Waals surface area contributed by atoms with Gasteiger partial charge >= 0.3 is 0 Å². The molecular weight excluding hydrogens is 266 g/mol. The summed E-state index contributed by atoms with van der Waals surface area (Å²) in [5.74, 6) is 0.817. The Bertz CT molecular complexity index is 402. The van der Waals surface area contributed by atoms with Crippen LogP contribution in [0.25, 0.3) is 0 Å². The molecule has 21 heavy (non-hydrogen) atoms. The fraction of sp³-hybridized carbons (Fsp3) is 0.875. The SMILES string of the molecule is CNC(=O)[C@@H](C1CC1)N1CCC[C@H]1C(=O)N1CCCCC1. The summed E-state index contributed by atoms with van der Waals surface area (Å²) < 4.78 is 0. The van der Waals surface area contributed by atoms with Crippen LogP contribution in [0.4, 0.5) is 0 Å². The van der Waals surface area contributed by atoms with E-state index in [2.05, 4.69) is 10.2 Å². The van der Waals surface area contributed by atoms with Crippen LogP contribution in [0.3, 0.4) is 0 Å². The van der Waals surface area contributed by atoms with E-state index in [-0.39, 0.29) is 23.9 Å². The summed E-state index contributed by atoms with van der Waals surface area (Å²) in [7, 11) is 1.70. The van der Waals surface area contributed by atoms with E-state index < -0.39 is 0 Å². The molecule has 2 heterocycles. The topological polar surface area (TPSA) is 52.7 Å². The Hall–Kier alpha value is -1.10. The zero-order chi connectivity index (χ0) is 14.8. The molecule has 5 heteroatoms. The Kier molecular flexibility index (Phi) is 4.48. The number of hydrogen-bond acceptors (Lipinski definition) is 3. The normalized spacial score (nSPS) is 28.4. The third kappa shape index (κ3) is 3.07. The molecule has 0 radical (unpaired) electrons. The van der Waals surface area contributed by atoms with Gasteiger partial charge in [-0.2, -0.15) is 0 Å². The number of nitrogens with zero attached hydrogens (tertiary/aromatic N) is 2. The van der Waals surface area contributed by atoms with Gasteiger partial charge in [0.2, 0.25) is 11.8 Å². The molecule has 1 aliphatic carbocycles. The first-order valence-corrected chi connectivity index (χ1v) is 8.48. The highest BCUT2D eigenvalue weighted by atomic mass is 16.2. The van der Waals surface area contributed by atoms with E-state index >= 15 is 0 Å². The zero-order valence-electron chi connectivity index (χ0n) is 13.0. The van der Waals surface area contributed by atoms with Gasteiger partial charge in [-0.15, -0.1) is 0 Å². The lowest BCUT2D eigenvalue weighted by atomic mass is 10.1. The van der Waals surface area contributed by atoms with Crippen molar-refractivity contribution >= 4 is 11.8 Å². The quantitative estimate of drug-likeness (QED) is 0.841. The van der Waals surface area contributed by atoms with Gasteiger partial charge in [0.05, 0.1) is 12.1 Å². The van der Waals surface area contributed by atoms with Crippen LogP contribution in [0, 0.1) is 5.92 Å². The van der Waals surface area contributed by atoms with Crippen LogP contribution in [0.5, 0.6) is 0 Å². The lowest BCUT2D eigenvalue weighted by molar-refractivity contribution is -0.139. The van der Waals surface area contributed by atoms with E-state index in [9.17, 15) is 9.59 Å². The summed E-state index contributed by atoms with van der Waals surface area (Å²) in [5.41, 5.74) is 0. The maximum Gasteiger partial charge on any atom is 0.239 e. The van der Waals surface area contributed by atoms with Crippen LogP contribution in [0.15, 0.2) is 0 Å². The number of nitrogens with one attached hydrogen (secondary N) is 1. The van der Waals surface area contributed by atoms with Crippen LogP contribution >= 0.6 is 0 Å². The predicted octanol–water partition coefficient (Wildman–Crippen LogP) is 0.988. The van der Waals surface area contributed by atoms with E-state index in [4.69, 9.17) is 0 Å². The van der Waals surface area contributed by atoms with Gasteiger partial charge in [-0.05, 0) is 57.4 Å². The number of likely N-dealkylation sites (N-methyl/N-ethyl adjacent to an activating group) is 1. The first-order valence-electron chi connectivity index (χ1n) is 8.48. The minimum atomic E-state index is -0.0868. The predicted molar refractivity (Wildman–Crippen MR) is 80.7 cm³/mol. The van der Waals surface area contributed by atoms with Gasteiger partial charge in [-0.3, -0.25) is 14.5 Å². The van der Waals surface area contributed by atoms with Crippen molar-refractivity contribution in [2.75, 3.05) is 26.7 Å². The van der Waals surface area contributed by atoms with Crippen molar-refractivity contribution < 1.29 is 9.59 Å². The molecular formula is C16H27N3O2. The van der Waals surface area contributed by atoms with E-state index in [0.29, 0.717) is 5.92 Å². The summed E-state index contributed by atoms with van der Waals surface area (Å²) in [6.07, 6.45) is 7.68. The summed E-state index contributed by atoms with van der Waals surface area (Å²) in [4.78, 5) is 29.3. The fourth-order valence-corrected chi connectivity index (χ4v) is 3.91. The Morgan fingerprint density at radius 3 is 2.33 bits per heavy atom. The van der Waals surface area contributed by atoms with Crippen LogP contribution < -0.4 is 5.32 Å². The first-order chi connectivity index (χ1) is 10.2. The molecule has 3 fully saturated rings. The molecule has 1 saturated carbocycles. The minimum Gasteiger partial charge on any atom is -0.358 e. The van der Waals surface area contributed by atoms with Crippen molar-refractivity contribution in [1.82, 2.24) is 15.1 Å². The van der Waals surface area contributed by atoms with Crippen LogP contribution in [-0.4, -0.2) is 60.4 Å². The van der Waals surface area contributed by atoms with Crippen molar-refractivity contribution in [3.8, 4) is 0 Å². The molecule has 0 bridgehead atoms. The molecule has 2 saturated heterocycles. The van der Waals surface area contributed by atoms with E-state index in [1.807, 2.05) is 4.90 Å². The van der Waals surface area contributed by atoms with Crippen molar-refractivity contribution in [2.24, 2.45) is 5.92 Å². The number of rotatable bonds is 4. The highest BCUT2D eigenvalue weighted by molar-refractivity contribution is 5.86. The highest BCUT2D eigenvalue weighted by Crippen LogP contribution is 2.38. The van der Waals surface area contributed by atoms with Gasteiger partial charge in [0.1, 0.15) is 0 Å². The van der Waals surface area contributed by atoms with Crippen molar-refractivity contribution in [2.45, 2.75) is 57.0 Å². The Balaban J connectivity index is 1.71. The number of amides is 2. The number of hydrogen-bond donors (Lipinski definition) is 1. The molecule has 118 valence electrons. The highest BCUT2D eigenvalue weighted by Gasteiger charge is 2.46. The molecule has 2 atom stereocenters. The van der Waals surface area contributed by atoms with E-state index in [0.717, 1.165) is 58.2 Å². The maximum atomic E-state index is 12.8. The second kappa shape index (κ2) is 6.34. The second-order valence-electron chi connectivity index (χ2n) is 6.68. The molecule has 0 aromatic carbocycles. The van der Waals surface area contributed by atoms with Gasteiger partial charge in [-0.1, -0.05) is 0 Å². The molecule has 1 N–H and O–H groups in total. The third-order valence-corrected chi connectivity index (χ3v) is 5.19. The monoisotopic (exact) mass is 293 g/mol. The fourth-order valence-electron chi connectivity index (χ4n) is 3.91. The molecule has 0 spiro atoms. The van der Waals surface area contributed by atoms with Crippen molar-refractivity contribution in [3.05, 3.63) is 0 Å². The molecule has 0 aromatic rings. The molecule has 5 nitrogen and oxygen atoms in total. The average molecular weight is 293 g/mol. The van der Waals surface area contributed by atoms with Crippen molar-refractivity contribution in [3.63, 3.8) is 0 Å². The maximum absolute atomic E-state index is 12.8. The van der Waals surface area contributed by atoms with Gasteiger partial charge in [0, 0.05) is 20.1 Å². The summed E-state index contributed by atoms with van der Waals surface area (Å²) in [6, 6.07) is -0.151. The molecule has 2 aliphatic heterocycles. The summed E-state index contributed by atoms with van der Waals surface area (Å²) >= 11 is 0. The smallest absolute Gasteiger partial charge is 0.239 e. The molecule has 0 unspecified atom stereocenters. The Morgan fingerprint density at radius 1 is 1.00 bits per heavy atom. The largest absolute Gasteiger partial charge is 0.358 e. The van der Waals surface area contributed by atoms with Gasteiger partial charge in [-0.25, -0.2) is 0 Å². The molecule has 3 aliphatic rings. The van der Waals surface area contributed by atoms with E-state index in [1.54, 1.807) is 7.05 Å². The number of piperidine rings is 1. The van der Waals surface area contributed by atoms with Crippen LogP contribution in [0.1, 0.15) is 44.9 Å². The number of likely N-dealkylation sites (tertiary alicyclic amines) is 2. The van der Waals surface area contributed by atoms with Gasteiger partial charge in [0.25, 0.3) is 0 Å². The zero-order valence-corrected chi connectivity index (χ0v) is 13.0. The minimum absolute atomic E-state index is 0.0639. The Morgan fingerprint density at radius 2 is 1.71 bits per heavy atom. The average Bonchev–Trinajstić information content (AvgIpc) is 3.24. The molecule has 0 aromatic heterocycles. The van der Waals surface area contributed by atoms with Gasteiger partial charge < -0.3 is 10.2 Å². The third-order valence-electron chi connectivity index (χ3n) is 5.19.